The van der Waals surface area contributed by atoms with Crippen LogP contribution in [-0.2, 0) is 6.54 Å². The van der Waals surface area contributed by atoms with Gasteiger partial charge in [0.05, 0.1) is 16.6 Å². The Labute approximate surface area is 173 Å². The fourth-order valence-corrected chi connectivity index (χ4v) is 5.33. The van der Waals surface area contributed by atoms with Crippen molar-refractivity contribution in [2.75, 3.05) is 7.05 Å². The van der Waals surface area contributed by atoms with E-state index in [1.54, 1.807) is 4.57 Å². The molecule has 30 heavy (non-hydrogen) atoms. The Kier molecular flexibility index (Phi) is 4.70. The standard InChI is InChI=1S/C23H25FN4O2/c1-25-22(29)18-11-20-21(12-19(18)24)28(23(30)26-20)17-9-15-7-8-16(10-17)27(15)13-14-5-3-2-4-6-14/h2-6,11-12,15-17H,7-10,13H2,1H3,(H,25,29)(H,26,30). The number of carbonyl (C=O) groups is 1. The molecule has 2 bridgehead atoms. The largest absolute Gasteiger partial charge is 0.355 e. The van der Waals surface area contributed by atoms with Crippen molar-refractivity contribution in [1.82, 2.24) is 19.8 Å². The second kappa shape index (κ2) is 7.40. The molecule has 2 saturated heterocycles. The Bertz CT molecular complexity index is 1140. The third kappa shape index (κ3) is 3.13. The minimum Gasteiger partial charge on any atom is -0.355 e. The van der Waals surface area contributed by atoms with Crippen LogP contribution in [0.1, 0.15) is 47.6 Å². The molecule has 156 valence electrons. The van der Waals surface area contributed by atoms with Crippen LogP contribution < -0.4 is 11.0 Å². The second-order valence-electron chi connectivity index (χ2n) is 8.40. The Balaban J connectivity index is 1.45. The monoisotopic (exact) mass is 408 g/mol. The number of piperidine rings is 1. The minimum absolute atomic E-state index is 0.0287. The highest BCUT2D eigenvalue weighted by Crippen LogP contribution is 2.42. The van der Waals surface area contributed by atoms with Crippen LogP contribution in [-0.4, -0.2) is 39.5 Å². The maximum atomic E-state index is 14.6. The molecule has 0 radical (unpaired) electrons. The van der Waals surface area contributed by atoms with E-state index in [1.165, 1.54) is 24.7 Å². The number of benzene rings is 2. The summed E-state index contributed by atoms with van der Waals surface area (Å²) in [5.74, 6) is -1.12. The lowest BCUT2D eigenvalue weighted by Crippen LogP contribution is -2.44. The summed E-state index contributed by atoms with van der Waals surface area (Å²) in [6, 6.07) is 14.1. The lowest BCUT2D eigenvalue weighted by molar-refractivity contribution is 0.0959. The van der Waals surface area contributed by atoms with Gasteiger partial charge in [-0.25, -0.2) is 9.18 Å². The number of aromatic nitrogens is 2. The molecule has 2 unspecified atom stereocenters. The number of hydrogen-bond donors (Lipinski definition) is 2. The van der Waals surface area contributed by atoms with Crippen molar-refractivity contribution in [2.45, 2.75) is 50.4 Å². The molecule has 2 N–H and O–H groups in total. The molecule has 3 heterocycles. The number of nitrogens with zero attached hydrogens (tertiary/aromatic N) is 2. The fraction of sp³-hybridized carbons (Fsp3) is 0.391. The van der Waals surface area contributed by atoms with Crippen molar-refractivity contribution in [3.05, 3.63) is 69.9 Å². The molecule has 2 aliphatic rings. The van der Waals surface area contributed by atoms with E-state index in [4.69, 9.17) is 0 Å². The molecule has 1 aromatic heterocycles. The van der Waals surface area contributed by atoms with E-state index in [2.05, 4.69) is 39.5 Å². The van der Waals surface area contributed by atoms with Gasteiger partial charge in [0.1, 0.15) is 5.82 Å². The first-order valence-electron chi connectivity index (χ1n) is 10.5. The van der Waals surface area contributed by atoms with Crippen LogP contribution in [0.2, 0.25) is 0 Å². The zero-order valence-corrected chi connectivity index (χ0v) is 16.9. The maximum Gasteiger partial charge on any atom is 0.326 e. The molecule has 2 aromatic carbocycles. The summed E-state index contributed by atoms with van der Waals surface area (Å²) in [5.41, 5.74) is 2.04. The number of hydrogen-bond acceptors (Lipinski definition) is 3. The summed E-state index contributed by atoms with van der Waals surface area (Å²) in [4.78, 5) is 30.1. The van der Waals surface area contributed by atoms with Crippen molar-refractivity contribution in [2.24, 2.45) is 0 Å². The molecule has 3 aromatic rings. The van der Waals surface area contributed by atoms with Crippen LogP contribution in [0, 0.1) is 5.82 Å². The van der Waals surface area contributed by atoms with E-state index in [-0.39, 0.29) is 17.3 Å². The van der Waals surface area contributed by atoms with E-state index in [0.29, 0.717) is 23.1 Å². The molecule has 2 atom stereocenters. The van der Waals surface area contributed by atoms with Gasteiger partial charge in [-0.2, -0.15) is 0 Å². The first kappa shape index (κ1) is 19.1. The average molecular weight is 408 g/mol. The van der Waals surface area contributed by atoms with E-state index < -0.39 is 11.7 Å². The summed E-state index contributed by atoms with van der Waals surface area (Å²) in [5, 5.41) is 2.43. The van der Waals surface area contributed by atoms with Gasteiger partial charge < -0.3 is 10.3 Å². The van der Waals surface area contributed by atoms with Gasteiger partial charge in [-0.3, -0.25) is 14.3 Å². The number of halogens is 1. The van der Waals surface area contributed by atoms with Gasteiger partial charge in [0, 0.05) is 37.8 Å². The van der Waals surface area contributed by atoms with E-state index in [1.807, 2.05) is 6.07 Å². The summed E-state index contributed by atoms with van der Waals surface area (Å²) >= 11 is 0. The number of fused-ring (bicyclic) bond motifs is 3. The summed E-state index contributed by atoms with van der Waals surface area (Å²) in [6.45, 7) is 0.926. The van der Waals surface area contributed by atoms with Gasteiger partial charge in [0.15, 0.2) is 0 Å². The van der Waals surface area contributed by atoms with Crippen LogP contribution in [0.15, 0.2) is 47.3 Å². The van der Waals surface area contributed by atoms with E-state index in [9.17, 15) is 14.0 Å². The molecule has 2 fully saturated rings. The number of rotatable bonds is 4. The van der Waals surface area contributed by atoms with Crippen LogP contribution >= 0.6 is 0 Å². The maximum absolute atomic E-state index is 14.6. The van der Waals surface area contributed by atoms with Gasteiger partial charge in [0.2, 0.25) is 0 Å². The van der Waals surface area contributed by atoms with Gasteiger partial charge >= 0.3 is 5.69 Å². The molecule has 5 rings (SSSR count). The zero-order chi connectivity index (χ0) is 20.8. The summed E-state index contributed by atoms with van der Waals surface area (Å²) < 4.78 is 16.3. The van der Waals surface area contributed by atoms with Crippen LogP contribution in [0.4, 0.5) is 4.39 Å². The first-order chi connectivity index (χ1) is 14.5. The number of aromatic amines is 1. The number of H-pyrrole nitrogens is 1. The SMILES string of the molecule is CNC(=O)c1cc2[nH]c(=O)n(C3CC4CCC(C3)N4Cc3ccccc3)c2cc1F. The minimum atomic E-state index is -0.612. The molecule has 1 amide bonds. The Hall–Kier alpha value is -2.93. The number of carbonyl (C=O) groups excluding carboxylic acids is 1. The molecule has 6 nitrogen and oxygen atoms in total. The Morgan fingerprint density at radius 2 is 1.83 bits per heavy atom. The number of nitrogens with one attached hydrogen (secondary N) is 2. The normalized spacial score (nSPS) is 23.7. The highest BCUT2D eigenvalue weighted by Gasteiger charge is 2.41. The van der Waals surface area contributed by atoms with E-state index in [0.717, 1.165) is 32.2 Å². The second-order valence-corrected chi connectivity index (χ2v) is 8.40. The highest BCUT2D eigenvalue weighted by molar-refractivity contribution is 5.97. The van der Waals surface area contributed by atoms with Gasteiger partial charge in [-0.1, -0.05) is 30.3 Å². The fourth-order valence-electron chi connectivity index (χ4n) is 5.33. The van der Waals surface area contributed by atoms with Gasteiger partial charge in [0.25, 0.3) is 5.91 Å². The van der Waals surface area contributed by atoms with Crippen LogP contribution in [0.3, 0.4) is 0 Å². The quantitative estimate of drug-likeness (QED) is 0.697. The Morgan fingerprint density at radius 3 is 2.50 bits per heavy atom. The zero-order valence-electron chi connectivity index (χ0n) is 16.9. The van der Waals surface area contributed by atoms with Crippen molar-refractivity contribution >= 4 is 16.9 Å². The average Bonchev–Trinajstić information content (AvgIpc) is 3.17. The first-order valence-corrected chi connectivity index (χ1v) is 10.5. The van der Waals surface area contributed by atoms with Crippen molar-refractivity contribution in [3.8, 4) is 0 Å². The molecule has 2 aliphatic heterocycles. The highest BCUT2D eigenvalue weighted by atomic mass is 19.1. The third-order valence-electron chi connectivity index (χ3n) is 6.71. The van der Waals surface area contributed by atoms with Crippen molar-refractivity contribution < 1.29 is 9.18 Å². The molecule has 0 aliphatic carbocycles. The lowest BCUT2D eigenvalue weighted by Gasteiger charge is -2.39. The van der Waals surface area contributed by atoms with Gasteiger partial charge in [-0.15, -0.1) is 0 Å². The molecule has 7 heteroatoms. The molecular weight excluding hydrogens is 383 g/mol. The van der Waals surface area contributed by atoms with Gasteiger partial charge in [-0.05, 0) is 37.3 Å². The van der Waals surface area contributed by atoms with Crippen molar-refractivity contribution in [1.29, 1.82) is 0 Å². The van der Waals surface area contributed by atoms with E-state index >= 15 is 0 Å². The predicted octanol–water partition coefficient (Wildman–Crippen LogP) is 3.20. The summed E-state index contributed by atoms with van der Waals surface area (Å²) in [6.07, 6.45) is 3.99. The van der Waals surface area contributed by atoms with Crippen LogP contribution in [0.25, 0.3) is 11.0 Å². The number of imidazole rings is 1. The smallest absolute Gasteiger partial charge is 0.326 e. The molecule has 0 spiro atoms. The molecule has 0 saturated carbocycles. The van der Waals surface area contributed by atoms with Crippen LogP contribution in [0.5, 0.6) is 0 Å². The predicted molar refractivity (Wildman–Crippen MR) is 113 cm³/mol. The number of amides is 1. The lowest BCUT2D eigenvalue weighted by atomic mass is 9.96. The Morgan fingerprint density at radius 1 is 1.13 bits per heavy atom. The van der Waals surface area contributed by atoms with Crippen molar-refractivity contribution in [3.63, 3.8) is 0 Å². The molecular formula is C23H25FN4O2. The topological polar surface area (TPSA) is 70.1 Å². The third-order valence-corrected chi connectivity index (χ3v) is 6.71. The summed E-state index contributed by atoms with van der Waals surface area (Å²) in [7, 11) is 1.46.